The van der Waals surface area contributed by atoms with Crippen LogP contribution in [-0.4, -0.2) is 33.2 Å². The Morgan fingerprint density at radius 2 is 1.88 bits per heavy atom. The lowest BCUT2D eigenvalue weighted by atomic mass is 9.86. The van der Waals surface area contributed by atoms with E-state index >= 15 is 0 Å². The summed E-state index contributed by atoms with van der Waals surface area (Å²) in [5.41, 5.74) is 1.39. The number of benzene rings is 1. The van der Waals surface area contributed by atoms with Crippen molar-refractivity contribution in [2.24, 2.45) is 5.41 Å². The van der Waals surface area contributed by atoms with Gasteiger partial charge in [-0.2, -0.15) is 4.98 Å². The Balaban J connectivity index is 1.94. The molecule has 0 aliphatic carbocycles. The van der Waals surface area contributed by atoms with E-state index in [-0.39, 0.29) is 18.7 Å². The van der Waals surface area contributed by atoms with Crippen molar-refractivity contribution < 1.29 is 19.2 Å². The maximum Gasteiger partial charge on any atom is 0.326 e. The second kappa shape index (κ2) is 7.46. The summed E-state index contributed by atoms with van der Waals surface area (Å²) in [5, 5.41) is 15.7. The molecule has 0 spiro atoms. The van der Waals surface area contributed by atoms with E-state index in [9.17, 15) is 14.7 Å². The van der Waals surface area contributed by atoms with Crippen LogP contribution in [0.1, 0.15) is 38.6 Å². The summed E-state index contributed by atoms with van der Waals surface area (Å²) in [7, 11) is 0. The minimum absolute atomic E-state index is 0.0788. The van der Waals surface area contributed by atoms with E-state index in [0.29, 0.717) is 11.7 Å². The van der Waals surface area contributed by atoms with Crippen molar-refractivity contribution >= 4 is 11.9 Å². The molecule has 2 rings (SSSR count). The third-order valence-electron chi connectivity index (χ3n) is 3.76. The summed E-state index contributed by atoms with van der Waals surface area (Å²) < 4.78 is 5.16. The Labute approximate surface area is 146 Å². The van der Waals surface area contributed by atoms with E-state index < -0.39 is 17.4 Å². The van der Waals surface area contributed by atoms with Gasteiger partial charge in [-0.3, -0.25) is 4.79 Å². The molecule has 0 saturated carbocycles. The fourth-order valence-corrected chi connectivity index (χ4v) is 2.28. The Morgan fingerprint density at radius 3 is 2.44 bits per heavy atom. The van der Waals surface area contributed by atoms with Gasteiger partial charge in [0.15, 0.2) is 0 Å². The lowest BCUT2D eigenvalue weighted by Crippen LogP contribution is -2.49. The van der Waals surface area contributed by atoms with E-state index in [0.717, 1.165) is 11.1 Å². The third-order valence-corrected chi connectivity index (χ3v) is 3.76. The van der Waals surface area contributed by atoms with Crippen molar-refractivity contribution in [3.63, 3.8) is 0 Å². The fourth-order valence-electron chi connectivity index (χ4n) is 2.28. The van der Waals surface area contributed by atoms with Gasteiger partial charge in [0.2, 0.25) is 17.6 Å². The normalized spacial score (nSPS) is 12.6. The minimum Gasteiger partial charge on any atom is -0.480 e. The van der Waals surface area contributed by atoms with Crippen molar-refractivity contribution in [1.82, 2.24) is 15.5 Å². The van der Waals surface area contributed by atoms with Gasteiger partial charge in [-0.05, 0) is 12.3 Å². The Kier molecular flexibility index (Phi) is 5.56. The smallest absolute Gasteiger partial charge is 0.326 e. The van der Waals surface area contributed by atoms with Crippen LogP contribution in [0, 0.1) is 12.3 Å². The number of hydrogen-bond donors (Lipinski definition) is 2. The summed E-state index contributed by atoms with van der Waals surface area (Å²) in [6.45, 7) is 7.28. The van der Waals surface area contributed by atoms with Gasteiger partial charge in [-0.1, -0.05) is 55.8 Å². The highest BCUT2D eigenvalue weighted by Gasteiger charge is 2.32. The summed E-state index contributed by atoms with van der Waals surface area (Å²) in [5.74, 6) is -0.612. The van der Waals surface area contributed by atoms with Crippen LogP contribution in [0.5, 0.6) is 0 Å². The van der Waals surface area contributed by atoms with Crippen LogP contribution < -0.4 is 5.32 Å². The molecule has 1 aromatic heterocycles. The maximum absolute atomic E-state index is 12.0. The van der Waals surface area contributed by atoms with Gasteiger partial charge in [-0.25, -0.2) is 4.79 Å². The first-order valence-electron chi connectivity index (χ1n) is 8.08. The van der Waals surface area contributed by atoms with Crippen LogP contribution in [0.3, 0.4) is 0 Å². The highest BCUT2D eigenvalue weighted by molar-refractivity contribution is 5.84. The van der Waals surface area contributed by atoms with E-state index in [2.05, 4.69) is 15.5 Å². The number of carbonyl (C=O) groups excluding carboxylic acids is 1. The van der Waals surface area contributed by atoms with Crippen LogP contribution in [0.25, 0.3) is 11.4 Å². The predicted octanol–water partition coefficient (Wildman–Crippen LogP) is 2.59. The molecule has 2 aromatic rings. The minimum atomic E-state index is -1.06. The SMILES string of the molecule is Cc1ccc(-c2noc(CCC(=O)NC(C(=O)O)C(C)(C)C)n2)cc1. The van der Waals surface area contributed by atoms with Crippen LogP contribution >= 0.6 is 0 Å². The lowest BCUT2D eigenvalue weighted by Gasteiger charge is -2.27. The second-order valence-corrected chi connectivity index (χ2v) is 7.08. The third kappa shape index (κ3) is 5.14. The van der Waals surface area contributed by atoms with Gasteiger partial charge >= 0.3 is 5.97 Å². The number of nitrogens with one attached hydrogen (secondary N) is 1. The molecule has 0 radical (unpaired) electrons. The van der Waals surface area contributed by atoms with Crippen molar-refractivity contribution in [3.05, 3.63) is 35.7 Å². The number of aromatic nitrogens is 2. The number of carboxylic acid groups (broad SMARTS) is 1. The number of aliphatic carboxylic acids is 1. The molecule has 0 fully saturated rings. The topological polar surface area (TPSA) is 105 Å². The first kappa shape index (κ1) is 18.6. The standard InChI is InChI=1S/C18H23N3O4/c1-11-5-7-12(8-6-11)16-20-14(25-21-16)10-9-13(22)19-15(17(23)24)18(2,3)4/h5-8,15H,9-10H2,1-4H3,(H,19,22)(H,23,24). The maximum atomic E-state index is 12.0. The summed E-state index contributed by atoms with van der Waals surface area (Å²) in [6.07, 6.45) is 0.330. The number of aryl methyl sites for hydroxylation is 2. The zero-order valence-corrected chi connectivity index (χ0v) is 14.9. The second-order valence-electron chi connectivity index (χ2n) is 7.08. The molecular weight excluding hydrogens is 322 g/mol. The first-order valence-corrected chi connectivity index (χ1v) is 8.08. The van der Waals surface area contributed by atoms with Gasteiger partial charge in [0, 0.05) is 18.4 Å². The number of carboxylic acids is 1. The zero-order chi connectivity index (χ0) is 18.6. The molecule has 0 aliphatic heterocycles. The van der Waals surface area contributed by atoms with Gasteiger partial charge < -0.3 is 14.9 Å². The van der Waals surface area contributed by atoms with E-state index in [1.807, 2.05) is 31.2 Å². The van der Waals surface area contributed by atoms with Crippen molar-refractivity contribution in [2.75, 3.05) is 0 Å². The van der Waals surface area contributed by atoms with Crippen molar-refractivity contribution in [2.45, 2.75) is 46.6 Å². The molecule has 1 heterocycles. The molecule has 2 N–H and O–H groups in total. The van der Waals surface area contributed by atoms with E-state index in [1.54, 1.807) is 20.8 Å². The van der Waals surface area contributed by atoms with Crippen LogP contribution in [0.15, 0.2) is 28.8 Å². The monoisotopic (exact) mass is 345 g/mol. The molecule has 7 nitrogen and oxygen atoms in total. The average molecular weight is 345 g/mol. The van der Waals surface area contributed by atoms with Crippen LogP contribution in [-0.2, 0) is 16.0 Å². The Morgan fingerprint density at radius 1 is 1.24 bits per heavy atom. The molecule has 7 heteroatoms. The van der Waals surface area contributed by atoms with Crippen LogP contribution in [0.2, 0.25) is 0 Å². The molecule has 25 heavy (non-hydrogen) atoms. The summed E-state index contributed by atoms with van der Waals surface area (Å²) in [6, 6.07) is 6.76. The van der Waals surface area contributed by atoms with Gasteiger partial charge in [0.1, 0.15) is 6.04 Å². The van der Waals surface area contributed by atoms with Crippen molar-refractivity contribution in [3.8, 4) is 11.4 Å². The Bertz CT molecular complexity index is 744. The molecule has 0 bridgehead atoms. The van der Waals surface area contributed by atoms with Gasteiger partial charge in [0.05, 0.1) is 0 Å². The molecule has 134 valence electrons. The fraction of sp³-hybridized carbons (Fsp3) is 0.444. The molecule has 1 aromatic carbocycles. The molecule has 1 amide bonds. The summed E-state index contributed by atoms with van der Waals surface area (Å²) in [4.78, 5) is 27.6. The predicted molar refractivity (Wildman–Crippen MR) is 91.8 cm³/mol. The molecule has 1 atom stereocenters. The van der Waals surface area contributed by atoms with E-state index in [1.165, 1.54) is 0 Å². The number of amides is 1. The lowest BCUT2D eigenvalue weighted by molar-refractivity contribution is -0.144. The van der Waals surface area contributed by atoms with Gasteiger partial charge in [0.25, 0.3) is 0 Å². The van der Waals surface area contributed by atoms with Crippen molar-refractivity contribution in [1.29, 1.82) is 0 Å². The number of hydrogen-bond acceptors (Lipinski definition) is 5. The van der Waals surface area contributed by atoms with E-state index in [4.69, 9.17) is 4.52 Å². The highest BCUT2D eigenvalue weighted by Crippen LogP contribution is 2.20. The Hall–Kier alpha value is -2.70. The molecule has 0 saturated heterocycles. The average Bonchev–Trinajstić information content (AvgIpc) is 2.99. The van der Waals surface area contributed by atoms with Crippen LogP contribution in [0.4, 0.5) is 0 Å². The molecular formula is C18H23N3O4. The molecule has 1 unspecified atom stereocenters. The molecule has 0 aliphatic rings. The number of carbonyl (C=O) groups is 2. The first-order chi connectivity index (χ1) is 11.7. The number of rotatable bonds is 6. The largest absolute Gasteiger partial charge is 0.480 e. The highest BCUT2D eigenvalue weighted by atomic mass is 16.5. The quantitative estimate of drug-likeness (QED) is 0.833. The van der Waals surface area contributed by atoms with Gasteiger partial charge in [-0.15, -0.1) is 0 Å². The zero-order valence-electron chi connectivity index (χ0n) is 14.9. The summed E-state index contributed by atoms with van der Waals surface area (Å²) >= 11 is 0. The number of nitrogens with zero attached hydrogens (tertiary/aromatic N) is 2.